The lowest BCUT2D eigenvalue weighted by Crippen LogP contribution is -2.03. The molecule has 0 unspecified atom stereocenters. The second kappa shape index (κ2) is 5.39. The highest BCUT2D eigenvalue weighted by molar-refractivity contribution is 9.10. The van der Waals surface area contributed by atoms with Gasteiger partial charge < -0.3 is 9.94 Å². The maximum atomic E-state index is 10.1. The number of carboxylic acid groups (broad SMARTS) is 1. The van der Waals surface area contributed by atoms with Crippen molar-refractivity contribution < 1.29 is 14.7 Å². The highest BCUT2D eigenvalue weighted by Gasteiger charge is 1.95. The van der Waals surface area contributed by atoms with Gasteiger partial charge in [-0.2, -0.15) is 0 Å². The van der Waals surface area contributed by atoms with Gasteiger partial charge in [0.05, 0.1) is 6.21 Å². The number of nitrogens with zero attached hydrogens (tertiary/aromatic N) is 1. The third kappa shape index (κ3) is 3.57. The zero-order valence-electron chi connectivity index (χ0n) is 7.18. The number of hydrogen-bond acceptors (Lipinski definition) is 3. The minimum atomic E-state index is -1.05. The van der Waals surface area contributed by atoms with Gasteiger partial charge in [-0.1, -0.05) is 39.3 Å². The Balaban J connectivity index is 2.52. The van der Waals surface area contributed by atoms with Crippen LogP contribution in [0, 0.1) is 0 Å². The molecule has 74 valence electrons. The Bertz CT molecular complexity index is 352. The summed E-state index contributed by atoms with van der Waals surface area (Å²) in [5.74, 6) is -1.05. The van der Waals surface area contributed by atoms with Crippen molar-refractivity contribution in [2.75, 3.05) is 6.61 Å². The molecular formula is C9H8BrNO3. The molecule has 0 saturated heterocycles. The average Bonchev–Trinajstić information content (AvgIpc) is 2.15. The lowest BCUT2D eigenvalue weighted by atomic mass is 10.2. The van der Waals surface area contributed by atoms with Crippen molar-refractivity contribution in [3.63, 3.8) is 0 Å². The van der Waals surface area contributed by atoms with Gasteiger partial charge in [-0.05, 0) is 6.07 Å². The lowest BCUT2D eigenvalue weighted by Gasteiger charge is -1.96. The van der Waals surface area contributed by atoms with E-state index in [-0.39, 0.29) is 0 Å². The van der Waals surface area contributed by atoms with E-state index in [1.807, 2.05) is 24.3 Å². The molecular weight excluding hydrogens is 250 g/mol. The largest absolute Gasteiger partial charge is 0.479 e. The van der Waals surface area contributed by atoms with Gasteiger partial charge in [0.25, 0.3) is 0 Å². The Hall–Kier alpha value is -1.36. The fraction of sp³-hybridized carbons (Fsp3) is 0.111. The zero-order chi connectivity index (χ0) is 10.4. The molecule has 0 aromatic heterocycles. The molecule has 0 radical (unpaired) electrons. The molecule has 0 fully saturated rings. The van der Waals surface area contributed by atoms with E-state index in [2.05, 4.69) is 25.9 Å². The van der Waals surface area contributed by atoms with Crippen molar-refractivity contribution in [3.8, 4) is 0 Å². The fourth-order valence-electron chi connectivity index (χ4n) is 0.766. The number of oxime groups is 1. The van der Waals surface area contributed by atoms with E-state index < -0.39 is 12.6 Å². The molecule has 14 heavy (non-hydrogen) atoms. The standard InChI is InChI=1S/C9H8BrNO3/c10-8-4-2-1-3-7(8)5-11-14-6-9(12)13/h1-5H,6H2,(H,12,13)/b11-5-. The van der Waals surface area contributed by atoms with E-state index in [0.29, 0.717) is 0 Å². The monoisotopic (exact) mass is 257 g/mol. The molecule has 1 aromatic carbocycles. The Morgan fingerprint density at radius 1 is 1.57 bits per heavy atom. The molecule has 0 aliphatic rings. The maximum Gasteiger partial charge on any atom is 0.344 e. The van der Waals surface area contributed by atoms with Crippen LogP contribution in [0.2, 0.25) is 0 Å². The predicted molar refractivity (Wildman–Crippen MR) is 55.3 cm³/mol. The molecule has 0 bridgehead atoms. The third-order valence-corrected chi connectivity index (χ3v) is 2.08. The van der Waals surface area contributed by atoms with Crippen molar-refractivity contribution in [3.05, 3.63) is 34.3 Å². The third-order valence-electron chi connectivity index (χ3n) is 1.36. The Labute approximate surface area is 89.3 Å². The molecule has 0 aliphatic heterocycles. The summed E-state index contributed by atoms with van der Waals surface area (Å²) in [5, 5.41) is 11.8. The minimum absolute atomic E-state index is 0.430. The smallest absolute Gasteiger partial charge is 0.344 e. The fourth-order valence-corrected chi connectivity index (χ4v) is 1.15. The van der Waals surface area contributed by atoms with Crippen LogP contribution in [0.1, 0.15) is 5.56 Å². The van der Waals surface area contributed by atoms with E-state index in [1.165, 1.54) is 6.21 Å². The summed E-state index contributed by atoms with van der Waals surface area (Å²) < 4.78 is 0.877. The highest BCUT2D eigenvalue weighted by atomic mass is 79.9. The van der Waals surface area contributed by atoms with Crippen LogP contribution in [0.5, 0.6) is 0 Å². The summed E-state index contributed by atoms with van der Waals surface area (Å²) in [6.45, 7) is -0.430. The Kier molecular flexibility index (Phi) is 4.12. The zero-order valence-corrected chi connectivity index (χ0v) is 8.77. The van der Waals surface area contributed by atoms with Crippen LogP contribution in [0.4, 0.5) is 0 Å². The maximum absolute atomic E-state index is 10.1. The average molecular weight is 258 g/mol. The summed E-state index contributed by atoms with van der Waals surface area (Å²) >= 11 is 3.31. The number of carboxylic acids is 1. The van der Waals surface area contributed by atoms with Crippen molar-refractivity contribution in [1.29, 1.82) is 0 Å². The van der Waals surface area contributed by atoms with Crippen molar-refractivity contribution in [2.24, 2.45) is 5.16 Å². The SMILES string of the molecule is O=C(O)CO/N=C\c1ccccc1Br. The lowest BCUT2D eigenvalue weighted by molar-refractivity contribution is -0.142. The summed E-state index contributed by atoms with van der Waals surface area (Å²) in [6.07, 6.45) is 1.45. The van der Waals surface area contributed by atoms with E-state index in [4.69, 9.17) is 5.11 Å². The molecule has 1 rings (SSSR count). The minimum Gasteiger partial charge on any atom is -0.479 e. The predicted octanol–water partition coefficient (Wildman–Crippen LogP) is 1.88. The van der Waals surface area contributed by atoms with Gasteiger partial charge in [0, 0.05) is 10.0 Å². The molecule has 1 aromatic rings. The molecule has 0 heterocycles. The number of aliphatic carboxylic acids is 1. The van der Waals surface area contributed by atoms with E-state index >= 15 is 0 Å². The van der Waals surface area contributed by atoms with Crippen LogP contribution in [-0.4, -0.2) is 23.9 Å². The van der Waals surface area contributed by atoms with Crippen LogP contribution in [-0.2, 0) is 9.63 Å². The van der Waals surface area contributed by atoms with Crippen LogP contribution >= 0.6 is 15.9 Å². The van der Waals surface area contributed by atoms with Crippen molar-refractivity contribution >= 4 is 28.1 Å². The Morgan fingerprint density at radius 3 is 2.93 bits per heavy atom. The van der Waals surface area contributed by atoms with Gasteiger partial charge >= 0.3 is 5.97 Å². The molecule has 0 aliphatic carbocycles. The number of rotatable bonds is 4. The highest BCUT2D eigenvalue weighted by Crippen LogP contribution is 2.13. The van der Waals surface area contributed by atoms with Crippen LogP contribution in [0.15, 0.2) is 33.9 Å². The second-order valence-electron chi connectivity index (χ2n) is 2.42. The summed E-state index contributed by atoms with van der Waals surface area (Å²) in [5.41, 5.74) is 0.831. The molecule has 0 spiro atoms. The molecule has 4 nitrogen and oxygen atoms in total. The number of benzene rings is 1. The van der Waals surface area contributed by atoms with E-state index in [9.17, 15) is 4.79 Å². The molecule has 0 saturated carbocycles. The summed E-state index contributed by atoms with van der Waals surface area (Å²) in [4.78, 5) is 14.6. The molecule has 0 atom stereocenters. The van der Waals surface area contributed by atoms with Gasteiger partial charge in [0.2, 0.25) is 6.61 Å². The molecule has 0 amide bonds. The molecule has 1 N–H and O–H groups in total. The quantitative estimate of drug-likeness (QED) is 0.662. The van der Waals surface area contributed by atoms with Gasteiger partial charge in [-0.25, -0.2) is 4.79 Å². The van der Waals surface area contributed by atoms with Gasteiger partial charge in [-0.3, -0.25) is 0 Å². The van der Waals surface area contributed by atoms with Crippen molar-refractivity contribution in [2.45, 2.75) is 0 Å². The topological polar surface area (TPSA) is 58.9 Å². The first-order valence-electron chi connectivity index (χ1n) is 3.82. The van der Waals surface area contributed by atoms with Gasteiger partial charge in [-0.15, -0.1) is 0 Å². The summed E-state index contributed by atoms with van der Waals surface area (Å²) in [7, 11) is 0. The first kappa shape index (κ1) is 10.7. The van der Waals surface area contributed by atoms with Gasteiger partial charge in [0.1, 0.15) is 0 Å². The first-order chi connectivity index (χ1) is 6.70. The molecule has 5 heteroatoms. The summed E-state index contributed by atoms with van der Waals surface area (Å²) in [6, 6.07) is 7.42. The van der Waals surface area contributed by atoms with Gasteiger partial charge in [0.15, 0.2) is 0 Å². The number of carbonyl (C=O) groups is 1. The number of hydrogen-bond donors (Lipinski definition) is 1. The normalized spacial score (nSPS) is 10.4. The number of halogens is 1. The van der Waals surface area contributed by atoms with Crippen LogP contribution < -0.4 is 0 Å². The van der Waals surface area contributed by atoms with E-state index in [1.54, 1.807) is 0 Å². The van der Waals surface area contributed by atoms with E-state index in [0.717, 1.165) is 10.0 Å². The van der Waals surface area contributed by atoms with Crippen molar-refractivity contribution in [1.82, 2.24) is 0 Å². The Morgan fingerprint density at radius 2 is 2.29 bits per heavy atom. The second-order valence-corrected chi connectivity index (χ2v) is 3.28. The van der Waals surface area contributed by atoms with Crippen LogP contribution in [0.25, 0.3) is 0 Å². The first-order valence-corrected chi connectivity index (χ1v) is 4.61. The van der Waals surface area contributed by atoms with Crippen LogP contribution in [0.3, 0.4) is 0 Å².